The molecule has 0 saturated carbocycles. The maximum Gasteiger partial charge on any atom is 0.273 e. The van der Waals surface area contributed by atoms with E-state index < -0.39 is 15.9 Å². The van der Waals surface area contributed by atoms with Crippen molar-refractivity contribution in [1.82, 2.24) is 14.5 Å². The third-order valence-corrected chi connectivity index (χ3v) is 7.23. The number of phenolic OH excluding ortho intramolecular Hbond substituents is 1. The number of carbonyl (C=O) groups is 1. The van der Waals surface area contributed by atoms with Gasteiger partial charge in [-0.05, 0) is 68.8 Å². The number of hydrogen-bond acceptors (Lipinski definition) is 6. The zero-order valence-electron chi connectivity index (χ0n) is 18.6. The minimum Gasteiger partial charge on any atom is -0.507 e. The van der Waals surface area contributed by atoms with Gasteiger partial charge in [-0.25, -0.2) is 8.42 Å². The Morgan fingerprint density at radius 3 is 2.42 bits per heavy atom. The van der Waals surface area contributed by atoms with E-state index in [0.717, 1.165) is 5.56 Å². The van der Waals surface area contributed by atoms with Gasteiger partial charge in [0.15, 0.2) is 0 Å². The molecule has 9 nitrogen and oxygen atoms in total. The molecule has 2 atom stereocenters. The Hall–Kier alpha value is -3.21. The van der Waals surface area contributed by atoms with E-state index >= 15 is 0 Å². The number of carbonyl (C=O) groups excluding carboxylic acids is 1. The average molecular weight is 471 g/mol. The van der Waals surface area contributed by atoms with Crippen LogP contribution < -0.4 is 5.32 Å². The molecule has 1 fully saturated rings. The highest BCUT2D eigenvalue weighted by atomic mass is 32.2. The number of aryl methyl sites for hydroxylation is 1. The van der Waals surface area contributed by atoms with Crippen LogP contribution in [0.5, 0.6) is 5.75 Å². The van der Waals surface area contributed by atoms with E-state index in [2.05, 4.69) is 15.5 Å². The van der Waals surface area contributed by atoms with Crippen LogP contribution in [-0.2, 0) is 14.8 Å². The highest BCUT2D eigenvalue weighted by Crippen LogP contribution is 2.29. The largest absolute Gasteiger partial charge is 0.507 e. The van der Waals surface area contributed by atoms with Gasteiger partial charge < -0.3 is 15.2 Å². The number of rotatable bonds is 5. The van der Waals surface area contributed by atoms with E-state index in [1.165, 1.54) is 16.4 Å². The van der Waals surface area contributed by atoms with Crippen LogP contribution in [0, 0.1) is 6.92 Å². The Bertz CT molecular complexity index is 1260. The number of benzene rings is 2. The van der Waals surface area contributed by atoms with Crippen molar-refractivity contribution >= 4 is 21.6 Å². The molecule has 3 aromatic rings. The molecule has 33 heavy (non-hydrogen) atoms. The second-order valence-corrected chi connectivity index (χ2v) is 10.2. The Kier molecular flexibility index (Phi) is 6.24. The fourth-order valence-corrected chi connectivity index (χ4v) is 5.41. The predicted octanol–water partition coefficient (Wildman–Crippen LogP) is 3.14. The fraction of sp³-hybridized carbons (Fsp3) is 0.304. The van der Waals surface area contributed by atoms with Crippen molar-refractivity contribution in [3.8, 4) is 17.0 Å². The summed E-state index contributed by atoms with van der Waals surface area (Å²) in [5.74, 6) is -0.360. The molecule has 2 aromatic carbocycles. The summed E-state index contributed by atoms with van der Waals surface area (Å²) in [6, 6.07) is 12.8. The summed E-state index contributed by atoms with van der Waals surface area (Å²) in [5, 5.41) is 19.6. The van der Waals surface area contributed by atoms with Crippen molar-refractivity contribution in [1.29, 1.82) is 0 Å². The number of sulfonamides is 1. The number of hydrogen-bond donors (Lipinski definition) is 3. The zero-order chi connectivity index (χ0) is 23.8. The lowest BCUT2D eigenvalue weighted by Crippen LogP contribution is -2.48. The van der Waals surface area contributed by atoms with Crippen molar-refractivity contribution < 1.29 is 23.1 Å². The van der Waals surface area contributed by atoms with E-state index in [1.54, 1.807) is 30.3 Å². The molecule has 174 valence electrons. The van der Waals surface area contributed by atoms with Crippen molar-refractivity contribution in [2.45, 2.75) is 37.9 Å². The standard InChI is InChI=1S/C23H26N4O5S/c1-14-4-9-19(22(28)10-14)20-11-21(26-25-20)23(29)24-17-5-7-18(8-6-17)33(30,31)27-12-15(2)32-16(3)13-27/h4-11,15-16,28H,12-13H2,1-3H3,(H,24,29)(H,25,26). The molecule has 4 rings (SSSR count). The predicted molar refractivity (Wildman–Crippen MR) is 124 cm³/mol. The maximum absolute atomic E-state index is 13.0. The molecule has 1 aromatic heterocycles. The number of nitrogens with one attached hydrogen (secondary N) is 2. The first-order valence-corrected chi connectivity index (χ1v) is 12.0. The van der Waals surface area contributed by atoms with Gasteiger partial charge in [-0.2, -0.15) is 9.40 Å². The number of morpholine rings is 1. The van der Waals surface area contributed by atoms with E-state index in [1.807, 2.05) is 26.8 Å². The van der Waals surface area contributed by atoms with Crippen molar-refractivity contribution in [3.63, 3.8) is 0 Å². The number of aromatic hydroxyl groups is 1. The molecule has 1 amide bonds. The van der Waals surface area contributed by atoms with Gasteiger partial charge in [-0.15, -0.1) is 0 Å². The lowest BCUT2D eigenvalue weighted by Gasteiger charge is -2.34. The monoisotopic (exact) mass is 470 g/mol. The first kappa shape index (κ1) is 23.0. The highest BCUT2D eigenvalue weighted by Gasteiger charge is 2.32. The van der Waals surface area contributed by atoms with Crippen LogP contribution in [0.3, 0.4) is 0 Å². The number of anilines is 1. The molecule has 1 saturated heterocycles. The molecule has 0 radical (unpaired) electrons. The van der Waals surface area contributed by atoms with Crippen LogP contribution in [0.25, 0.3) is 11.3 Å². The van der Waals surface area contributed by atoms with Gasteiger partial charge in [0.2, 0.25) is 10.0 Å². The second-order valence-electron chi connectivity index (χ2n) is 8.25. The number of phenols is 1. The quantitative estimate of drug-likeness (QED) is 0.526. The Morgan fingerprint density at radius 1 is 1.12 bits per heavy atom. The first-order valence-electron chi connectivity index (χ1n) is 10.6. The summed E-state index contributed by atoms with van der Waals surface area (Å²) < 4.78 is 33.0. The fourth-order valence-electron chi connectivity index (χ4n) is 3.82. The summed E-state index contributed by atoms with van der Waals surface area (Å²) in [7, 11) is -3.66. The second kappa shape index (κ2) is 8.97. The highest BCUT2D eigenvalue weighted by molar-refractivity contribution is 7.89. The number of nitrogens with zero attached hydrogens (tertiary/aromatic N) is 2. The molecule has 0 bridgehead atoms. The van der Waals surface area contributed by atoms with Gasteiger partial charge >= 0.3 is 0 Å². The lowest BCUT2D eigenvalue weighted by atomic mass is 10.1. The van der Waals surface area contributed by atoms with Gasteiger partial charge in [0, 0.05) is 24.3 Å². The van der Waals surface area contributed by atoms with Gasteiger partial charge in [0.05, 0.1) is 22.8 Å². The Morgan fingerprint density at radius 2 is 1.79 bits per heavy atom. The molecule has 1 aliphatic rings. The number of ether oxygens (including phenoxy) is 1. The minimum absolute atomic E-state index is 0.0781. The molecular formula is C23H26N4O5S. The third kappa shape index (κ3) is 4.92. The number of aromatic amines is 1. The Balaban J connectivity index is 1.46. The SMILES string of the molecule is Cc1ccc(-c2cc(C(=O)Nc3ccc(S(=O)(=O)N4CC(C)OC(C)C4)cc3)[nH]n2)c(O)c1. The van der Waals surface area contributed by atoms with E-state index in [4.69, 9.17) is 4.74 Å². The minimum atomic E-state index is -3.66. The molecule has 0 spiro atoms. The van der Waals surface area contributed by atoms with E-state index in [9.17, 15) is 18.3 Å². The van der Waals surface area contributed by atoms with Gasteiger partial charge in [0.25, 0.3) is 5.91 Å². The van der Waals surface area contributed by atoms with Gasteiger partial charge in [-0.1, -0.05) is 6.07 Å². The topological polar surface area (TPSA) is 125 Å². The van der Waals surface area contributed by atoms with Gasteiger partial charge in [0.1, 0.15) is 11.4 Å². The third-order valence-electron chi connectivity index (χ3n) is 5.39. The summed E-state index contributed by atoms with van der Waals surface area (Å²) in [6.07, 6.45) is -0.355. The number of amides is 1. The summed E-state index contributed by atoms with van der Waals surface area (Å²) in [4.78, 5) is 12.8. The van der Waals surface area contributed by atoms with Crippen molar-refractivity contribution in [2.75, 3.05) is 18.4 Å². The zero-order valence-corrected chi connectivity index (χ0v) is 19.4. The Labute approximate surface area is 192 Å². The first-order chi connectivity index (χ1) is 15.6. The van der Waals surface area contributed by atoms with Crippen molar-refractivity contribution in [3.05, 3.63) is 59.8 Å². The summed E-state index contributed by atoms with van der Waals surface area (Å²) in [5.41, 5.74) is 2.51. The molecular weight excluding hydrogens is 444 g/mol. The lowest BCUT2D eigenvalue weighted by molar-refractivity contribution is -0.0440. The molecule has 2 unspecified atom stereocenters. The van der Waals surface area contributed by atoms with Crippen LogP contribution in [-0.4, -0.2) is 59.2 Å². The normalized spacial score (nSPS) is 19.4. The summed E-state index contributed by atoms with van der Waals surface area (Å²) in [6.45, 7) is 6.15. The number of aromatic nitrogens is 2. The molecule has 10 heteroatoms. The number of H-pyrrole nitrogens is 1. The molecule has 3 N–H and O–H groups in total. The van der Waals surface area contributed by atoms with Crippen LogP contribution in [0.2, 0.25) is 0 Å². The average Bonchev–Trinajstić information content (AvgIpc) is 3.23. The summed E-state index contributed by atoms with van der Waals surface area (Å²) >= 11 is 0. The molecule has 0 aliphatic carbocycles. The van der Waals surface area contributed by atoms with Crippen molar-refractivity contribution in [2.24, 2.45) is 0 Å². The molecule has 1 aliphatic heterocycles. The molecule has 2 heterocycles. The smallest absolute Gasteiger partial charge is 0.273 e. The van der Waals surface area contributed by atoms with E-state index in [-0.39, 0.29) is 28.5 Å². The van der Waals surface area contributed by atoms with Crippen LogP contribution in [0.1, 0.15) is 29.9 Å². The van der Waals surface area contributed by atoms with Crippen LogP contribution in [0.15, 0.2) is 53.4 Å². The van der Waals surface area contributed by atoms with Gasteiger partial charge in [-0.3, -0.25) is 9.89 Å². The van der Waals surface area contributed by atoms with Crippen LogP contribution >= 0.6 is 0 Å². The maximum atomic E-state index is 13.0. The van der Waals surface area contributed by atoms with E-state index in [0.29, 0.717) is 30.0 Å². The van der Waals surface area contributed by atoms with Crippen LogP contribution in [0.4, 0.5) is 5.69 Å².